The lowest BCUT2D eigenvalue weighted by Crippen LogP contribution is -2.34. The van der Waals surface area contributed by atoms with Crippen molar-refractivity contribution in [3.8, 4) is 5.75 Å². The quantitative estimate of drug-likeness (QED) is 0.781. The molecule has 0 radical (unpaired) electrons. The Bertz CT molecular complexity index is 424. The van der Waals surface area contributed by atoms with Crippen LogP contribution in [0.25, 0.3) is 0 Å². The summed E-state index contributed by atoms with van der Waals surface area (Å²) in [7, 11) is 0. The number of hydrogen-bond donors (Lipinski definition) is 1. The molecule has 6 heteroatoms. The van der Waals surface area contributed by atoms with Gasteiger partial charge in [-0.3, -0.25) is 0 Å². The monoisotopic (exact) mass is 393 g/mol. The number of hydrogen-bond acceptors (Lipinski definition) is 3. The molecule has 4 nitrogen and oxygen atoms in total. The van der Waals surface area contributed by atoms with Crippen LogP contribution in [0.3, 0.4) is 0 Å². The van der Waals surface area contributed by atoms with Gasteiger partial charge < -0.3 is 14.8 Å². The molecule has 0 aromatic heterocycles. The molecule has 0 aliphatic heterocycles. The number of halogens is 2. The molecule has 0 atom stereocenters. The number of nitrogens with one attached hydrogen (secondary N) is 1. The van der Waals surface area contributed by atoms with Crippen LogP contribution in [-0.4, -0.2) is 24.8 Å². The van der Waals surface area contributed by atoms with E-state index in [1.54, 1.807) is 0 Å². The van der Waals surface area contributed by atoms with E-state index >= 15 is 0 Å². The highest BCUT2D eigenvalue weighted by molar-refractivity contribution is 9.11. The fraction of sp³-hybridized carbons (Fsp3) is 0.462. The molecule has 0 bridgehead atoms. The van der Waals surface area contributed by atoms with Gasteiger partial charge in [0.2, 0.25) is 0 Å². The standard InChI is InChI=1S/C13H17Br2NO3/c1-13(2,3)19-12(17)16-7-8-18-11-9(14)5-4-6-10(11)15/h4-6H,7-8H2,1-3H3,(H,16,17). The number of benzene rings is 1. The molecule has 0 unspecified atom stereocenters. The summed E-state index contributed by atoms with van der Waals surface area (Å²) < 4.78 is 12.4. The minimum Gasteiger partial charge on any atom is -0.489 e. The van der Waals surface area contributed by atoms with Crippen molar-refractivity contribution in [2.45, 2.75) is 26.4 Å². The zero-order valence-corrected chi connectivity index (χ0v) is 14.3. The van der Waals surface area contributed by atoms with Gasteiger partial charge in [0.25, 0.3) is 0 Å². The lowest BCUT2D eigenvalue weighted by Gasteiger charge is -2.19. The van der Waals surface area contributed by atoms with E-state index in [0.717, 1.165) is 8.95 Å². The van der Waals surface area contributed by atoms with Gasteiger partial charge in [0.15, 0.2) is 0 Å². The molecule has 1 aromatic rings. The van der Waals surface area contributed by atoms with Gasteiger partial charge in [-0.2, -0.15) is 0 Å². The van der Waals surface area contributed by atoms with Crippen LogP contribution in [0, 0.1) is 0 Å². The van der Waals surface area contributed by atoms with Gasteiger partial charge in [-0.05, 0) is 64.8 Å². The first-order valence-corrected chi connectivity index (χ1v) is 7.42. The summed E-state index contributed by atoms with van der Waals surface area (Å²) in [6, 6.07) is 5.68. The van der Waals surface area contributed by atoms with Crippen molar-refractivity contribution in [1.29, 1.82) is 0 Å². The lowest BCUT2D eigenvalue weighted by atomic mass is 10.2. The average Bonchev–Trinajstić information content (AvgIpc) is 2.25. The molecule has 0 fully saturated rings. The number of carbonyl (C=O) groups excluding carboxylic acids is 1. The second kappa shape index (κ2) is 7.14. The second-order valence-corrected chi connectivity index (χ2v) is 6.54. The zero-order chi connectivity index (χ0) is 14.5. The molecular formula is C13H17Br2NO3. The van der Waals surface area contributed by atoms with Crippen LogP contribution < -0.4 is 10.1 Å². The summed E-state index contributed by atoms with van der Waals surface area (Å²) in [4.78, 5) is 11.4. The number of amides is 1. The van der Waals surface area contributed by atoms with Crippen LogP contribution in [0.1, 0.15) is 20.8 Å². The van der Waals surface area contributed by atoms with Crippen molar-refractivity contribution in [2.24, 2.45) is 0 Å². The number of carbonyl (C=O) groups is 1. The van der Waals surface area contributed by atoms with Crippen LogP contribution in [0.15, 0.2) is 27.1 Å². The predicted molar refractivity (Wildman–Crippen MR) is 81.6 cm³/mol. The highest BCUT2D eigenvalue weighted by atomic mass is 79.9. The highest BCUT2D eigenvalue weighted by Crippen LogP contribution is 2.32. The van der Waals surface area contributed by atoms with Crippen molar-refractivity contribution in [3.05, 3.63) is 27.1 Å². The fourth-order valence-corrected chi connectivity index (χ4v) is 2.47. The Balaban J connectivity index is 2.34. The van der Waals surface area contributed by atoms with Gasteiger partial charge in [0, 0.05) is 0 Å². The first kappa shape index (κ1) is 16.3. The van der Waals surface area contributed by atoms with Crippen LogP contribution in [0.4, 0.5) is 4.79 Å². The third-order valence-electron chi connectivity index (χ3n) is 1.94. The van der Waals surface area contributed by atoms with E-state index in [-0.39, 0.29) is 0 Å². The Hall–Kier alpha value is -0.750. The van der Waals surface area contributed by atoms with Crippen LogP contribution in [0.2, 0.25) is 0 Å². The lowest BCUT2D eigenvalue weighted by molar-refractivity contribution is 0.0520. The summed E-state index contributed by atoms with van der Waals surface area (Å²) in [6.45, 7) is 6.20. The first-order chi connectivity index (χ1) is 8.79. The zero-order valence-electron chi connectivity index (χ0n) is 11.1. The van der Waals surface area contributed by atoms with Crippen molar-refractivity contribution in [2.75, 3.05) is 13.2 Å². The molecule has 106 valence electrons. The van der Waals surface area contributed by atoms with E-state index in [4.69, 9.17) is 9.47 Å². The van der Waals surface area contributed by atoms with Gasteiger partial charge in [-0.15, -0.1) is 0 Å². The van der Waals surface area contributed by atoms with E-state index in [0.29, 0.717) is 18.9 Å². The Morgan fingerprint density at radius 3 is 2.37 bits per heavy atom. The fourth-order valence-electron chi connectivity index (χ4n) is 1.24. The summed E-state index contributed by atoms with van der Waals surface area (Å²) >= 11 is 6.80. The van der Waals surface area contributed by atoms with E-state index in [1.165, 1.54) is 0 Å². The highest BCUT2D eigenvalue weighted by Gasteiger charge is 2.15. The largest absolute Gasteiger partial charge is 0.489 e. The third-order valence-corrected chi connectivity index (χ3v) is 3.18. The van der Waals surface area contributed by atoms with Crippen molar-refractivity contribution >= 4 is 38.0 Å². The number of ether oxygens (including phenoxy) is 2. The minimum atomic E-state index is -0.490. The van der Waals surface area contributed by atoms with Crippen molar-refractivity contribution in [3.63, 3.8) is 0 Å². The maximum atomic E-state index is 11.4. The Kier molecular flexibility index (Phi) is 6.13. The smallest absolute Gasteiger partial charge is 0.407 e. The first-order valence-electron chi connectivity index (χ1n) is 5.83. The molecule has 0 spiro atoms. The average molecular weight is 395 g/mol. The summed E-state index contributed by atoms with van der Waals surface area (Å²) in [5, 5.41) is 2.63. The van der Waals surface area contributed by atoms with Gasteiger partial charge in [0.05, 0.1) is 15.5 Å². The topological polar surface area (TPSA) is 47.6 Å². The summed E-state index contributed by atoms with van der Waals surface area (Å²) in [6.07, 6.45) is -0.442. The van der Waals surface area contributed by atoms with E-state index in [1.807, 2.05) is 39.0 Å². The van der Waals surface area contributed by atoms with Gasteiger partial charge in [-0.25, -0.2) is 4.79 Å². The minimum absolute atomic E-state index is 0.362. The van der Waals surface area contributed by atoms with Crippen LogP contribution in [-0.2, 0) is 4.74 Å². The molecule has 0 saturated heterocycles. The number of rotatable bonds is 4. The van der Waals surface area contributed by atoms with Crippen molar-refractivity contribution in [1.82, 2.24) is 5.32 Å². The van der Waals surface area contributed by atoms with E-state index in [2.05, 4.69) is 37.2 Å². The summed E-state index contributed by atoms with van der Waals surface area (Å²) in [5.41, 5.74) is -0.490. The SMILES string of the molecule is CC(C)(C)OC(=O)NCCOc1c(Br)cccc1Br. The molecule has 0 heterocycles. The van der Waals surface area contributed by atoms with Crippen LogP contribution in [0.5, 0.6) is 5.75 Å². The molecule has 0 saturated carbocycles. The van der Waals surface area contributed by atoms with Gasteiger partial charge in [0.1, 0.15) is 18.0 Å². The van der Waals surface area contributed by atoms with Crippen LogP contribution >= 0.6 is 31.9 Å². The van der Waals surface area contributed by atoms with E-state index in [9.17, 15) is 4.79 Å². The Morgan fingerprint density at radius 1 is 1.26 bits per heavy atom. The van der Waals surface area contributed by atoms with Gasteiger partial charge >= 0.3 is 6.09 Å². The molecule has 1 rings (SSSR count). The van der Waals surface area contributed by atoms with Gasteiger partial charge in [-0.1, -0.05) is 6.07 Å². The van der Waals surface area contributed by atoms with Crippen molar-refractivity contribution < 1.29 is 14.3 Å². The molecule has 1 amide bonds. The molecule has 1 N–H and O–H groups in total. The number of para-hydroxylation sites is 1. The molecule has 0 aliphatic carbocycles. The Morgan fingerprint density at radius 2 is 1.84 bits per heavy atom. The molecular weight excluding hydrogens is 378 g/mol. The summed E-state index contributed by atoms with van der Waals surface area (Å²) in [5.74, 6) is 0.716. The maximum Gasteiger partial charge on any atom is 0.407 e. The predicted octanol–water partition coefficient (Wildman–Crippen LogP) is 4.12. The molecule has 0 aliphatic rings. The molecule has 19 heavy (non-hydrogen) atoms. The number of alkyl carbamates (subject to hydrolysis) is 1. The molecule has 1 aromatic carbocycles. The third kappa shape index (κ3) is 6.29. The maximum absolute atomic E-state index is 11.4. The normalized spacial score (nSPS) is 11.0. The van der Waals surface area contributed by atoms with E-state index < -0.39 is 11.7 Å². The Labute approximate surface area is 130 Å². The second-order valence-electron chi connectivity index (χ2n) is 4.83.